The van der Waals surface area contributed by atoms with Gasteiger partial charge in [0.05, 0.1) is 27.4 Å². The Bertz CT molecular complexity index is 2020. The van der Waals surface area contributed by atoms with Gasteiger partial charge in [0.25, 0.3) is 8.32 Å². The summed E-state index contributed by atoms with van der Waals surface area (Å²) < 4.78 is 30.3. The molecule has 1 N–H and O–H groups in total. The number of carbonyl (C=O) groups excluding carboxylic acids is 3. The van der Waals surface area contributed by atoms with Crippen molar-refractivity contribution in [1.82, 2.24) is 5.32 Å². The lowest BCUT2D eigenvalue weighted by Crippen LogP contribution is -2.67. The Morgan fingerprint density at radius 2 is 1.27 bits per heavy atom. The molecular weight excluding hydrogens is 835 g/mol. The highest BCUT2D eigenvalue weighted by Gasteiger charge is 2.50. The fourth-order valence-electron chi connectivity index (χ4n) is 7.91. The van der Waals surface area contributed by atoms with E-state index in [0.29, 0.717) is 25.4 Å². The Balaban J connectivity index is 1.65. The van der Waals surface area contributed by atoms with Crippen molar-refractivity contribution in [3.8, 4) is 11.5 Å². The molecule has 0 aliphatic rings. The fraction of sp³-hybridized carbons (Fsp3) is 0.453. The van der Waals surface area contributed by atoms with Crippen LogP contribution in [0, 0.1) is 17.8 Å². The molecule has 0 heterocycles. The van der Waals surface area contributed by atoms with E-state index in [1.165, 1.54) is 6.08 Å². The molecule has 64 heavy (non-hydrogen) atoms. The molecule has 9 nitrogen and oxygen atoms in total. The zero-order valence-corrected chi connectivity index (χ0v) is 42.1. The number of ether oxygens (including phenoxy) is 4. The van der Waals surface area contributed by atoms with E-state index in [1.807, 2.05) is 60.7 Å². The highest BCUT2D eigenvalue weighted by molar-refractivity contribution is 6.99. The first kappa shape index (κ1) is 51.8. The van der Waals surface area contributed by atoms with Gasteiger partial charge in [0.15, 0.2) is 5.78 Å². The maximum Gasteiger partial charge on any atom is 0.328 e. The first-order valence-corrected chi connectivity index (χ1v) is 28.3. The summed E-state index contributed by atoms with van der Waals surface area (Å²) in [4.78, 5) is 42.2. The summed E-state index contributed by atoms with van der Waals surface area (Å²) in [6, 6.07) is 35.9. The first-order valence-electron chi connectivity index (χ1n) is 22.7. The molecule has 0 bridgehead atoms. The van der Waals surface area contributed by atoms with E-state index in [9.17, 15) is 14.4 Å². The summed E-state index contributed by atoms with van der Waals surface area (Å²) >= 11 is 0. The van der Waals surface area contributed by atoms with Crippen molar-refractivity contribution in [2.45, 2.75) is 110 Å². The van der Waals surface area contributed by atoms with Crippen LogP contribution in [0.2, 0.25) is 30.7 Å². The minimum Gasteiger partial charge on any atom is -0.497 e. The summed E-state index contributed by atoms with van der Waals surface area (Å²) in [5.74, 6) is -0.148. The van der Waals surface area contributed by atoms with Gasteiger partial charge in [-0.2, -0.15) is 0 Å². The normalized spacial score (nSPS) is 14.1. The smallest absolute Gasteiger partial charge is 0.328 e. The molecule has 0 saturated heterocycles. The van der Waals surface area contributed by atoms with Gasteiger partial charge in [-0.05, 0) is 87.6 Å². The third-order valence-electron chi connectivity index (χ3n) is 11.6. The molecule has 4 atom stereocenters. The number of allylic oxidation sites excluding steroid dienone is 1. The molecule has 0 radical (unpaired) electrons. The van der Waals surface area contributed by atoms with E-state index in [-0.39, 0.29) is 42.1 Å². The predicted molar refractivity (Wildman–Crippen MR) is 264 cm³/mol. The molecule has 0 spiro atoms. The number of esters is 1. The number of benzene rings is 4. The Labute approximate surface area is 385 Å². The number of ketones is 1. The molecule has 0 fully saturated rings. The van der Waals surface area contributed by atoms with Crippen LogP contribution in [-0.4, -0.2) is 73.6 Å². The fourth-order valence-corrected chi connectivity index (χ4v) is 13.3. The van der Waals surface area contributed by atoms with Crippen molar-refractivity contribution in [1.29, 1.82) is 0 Å². The third kappa shape index (κ3) is 15.4. The van der Waals surface area contributed by atoms with Gasteiger partial charge in [-0.3, -0.25) is 9.59 Å². The van der Waals surface area contributed by atoms with Crippen molar-refractivity contribution in [2.75, 3.05) is 27.4 Å². The molecule has 11 heteroatoms. The maximum absolute atomic E-state index is 15.0. The topological polar surface area (TPSA) is 109 Å². The lowest BCUT2D eigenvalue weighted by Gasteiger charge is -2.44. The summed E-state index contributed by atoms with van der Waals surface area (Å²) in [5.41, 5.74) is 1.78. The molecular formula is C53H73NO8Si2. The number of hydrogen-bond acceptors (Lipinski definition) is 8. The zero-order valence-electron chi connectivity index (χ0n) is 40.1. The maximum atomic E-state index is 15.0. The monoisotopic (exact) mass is 907 g/mol. The van der Waals surface area contributed by atoms with Crippen molar-refractivity contribution in [2.24, 2.45) is 17.8 Å². The van der Waals surface area contributed by atoms with E-state index in [2.05, 4.69) is 115 Å². The standard InChI is InChI=1S/C53H73NO8Si2/c1-39(2)35-49(61-38-42-27-31-44(59-8)32-28-42)51(56)47(40(3)37-62-64(53(4,5)6,45-19-14-12-15-20-45)46-21-16-13-17-22-46)23-18-24-50(55)54-48(52(57)60-33-34-63(9,10)11)36-41-25-29-43(58-7)30-26-41/h12-22,24-32,39-40,47-49H,23,33-38H2,1-11H3,(H,54,55)/b24-18+/t40-,47-,48+,49-/m0/s1. The molecule has 0 aliphatic carbocycles. The molecule has 0 saturated carbocycles. The lowest BCUT2D eigenvalue weighted by molar-refractivity contribution is -0.147. The number of nitrogens with one attached hydrogen (secondary N) is 1. The largest absolute Gasteiger partial charge is 0.497 e. The highest BCUT2D eigenvalue weighted by atomic mass is 28.4. The second-order valence-corrected chi connectivity index (χ2v) is 29.4. The summed E-state index contributed by atoms with van der Waals surface area (Å²) in [5, 5.41) is 4.97. The lowest BCUT2D eigenvalue weighted by atomic mass is 9.83. The van der Waals surface area contributed by atoms with Crippen molar-refractivity contribution < 1.29 is 37.8 Å². The average molecular weight is 908 g/mol. The van der Waals surface area contributed by atoms with E-state index in [1.54, 1.807) is 20.3 Å². The summed E-state index contributed by atoms with van der Waals surface area (Å²) in [6.45, 7) is 20.5. The first-order chi connectivity index (χ1) is 30.4. The van der Waals surface area contributed by atoms with Gasteiger partial charge in [-0.15, -0.1) is 0 Å². The van der Waals surface area contributed by atoms with Gasteiger partial charge in [-0.25, -0.2) is 4.79 Å². The second-order valence-electron chi connectivity index (χ2n) is 19.5. The van der Waals surface area contributed by atoms with E-state index in [4.69, 9.17) is 23.4 Å². The molecule has 1 amide bonds. The predicted octanol–water partition coefficient (Wildman–Crippen LogP) is 9.59. The van der Waals surface area contributed by atoms with Gasteiger partial charge >= 0.3 is 5.97 Å². The molecule has 0 aromatic heterocycles. The van der Waals surface area contributed by atoms with Crippen LogP contribution in [-0.2, 0) is 41.3 Å². The Kier molecular flexibility index (Phi) is 19.8. The molecule has 4 aromatic rings. The molecule has 4 aromatic carbocycles. The van der Waals surface area contributed by atoms with Crippen LogP contribution >= 0.6 is 0 Å². The van der Waals surface area contributed by atoms with E-state index < -0.39 is 46.3 Å². The number of rotatable bonds is 25. The Hall–Kier alpha value is -4.82. The van der Waals surface area contributed by atoms with Crippen LogP contribution < -0.4 is 25.2 Å². The van der Waals surface area contributed by atoms with Crippen molar-refractivity contribution in [3.05, 3.63) is 132 Å². The van der Waals surface area contributed by atoms with Crippen LogP contribution in [0.5, 0.6) is 11.5 Å². The SMILES string of the molecule is COc1ccc(CO[C@@H](CC(C)C)C(=O)[C@@H](C/C=C/C(=O)N[C@H](Cc2ccc(OC)cc2)C(=O)OCC[Si](C)(C)C)[C@@H](C)CO[Si](c2ccccc2)(c2ccccc2)C(C)(C)C)cc1. The van der Waals surface area contributed by atoms with E-state index >= 15 is 0 Å². The zero-order chi connectivity index (χ0) is 46.9. The average Bonchev–Trinajstić information content (AvgIpc) is 3.26. The van der Waals surface area contributed by atoms with Crippen LogP contribution in [0.15, 0.2) is 121 Å². The number of carbonyl (C=O) groups is 3. The van der Waals surface area contributed by atoms with Crippen LogP contribution in [0.25, 0.3) is 0 Å². The number of methoxy groups -OCH3 is 2. The third-order valence-corrected chi connectivity index (χ3v) is 18.3. The van der Waals surface area contributed by atoms with Crippen LogP contribution in [0.4, 0.5) is 0 Å². The van der Waals surface area contributed by atoms with Crippen molar-refractivity contribution in [3.63, 3.8) is 0 Å². The van der Waals surface area contributed by atoms with Crippen LogP contribution in [0.3, 0.4) is 0 Å². The minimum absolute atomic E-state index is 0.0332. The van der Waals surface area contributed by atoms with Gasteiger partial charge in [-0.1, -0.05) is 152 Å². The Morgan fingerprint density at radius 1 is 0.734 bits per heavy atom. The van der Waals surface area contributed by atoms with E-state index in [0.717, 1.165) is 33.3 Å². The van der Waals surface area contributed by atoms with Crippen LogP contribution in [0.1, 0.15) is 65.5 Å². The van der Waals surface area contributed by atoms with Gasteiger partial charge in [0.1, 0.15) is 23.6 Å². The second kappa shape index (κ2) is 24.5. The van der Waals surface area contributed by atoms with Crippen molar-refractivity contribution >= 4 is 44.4 Å². The van der Waals surface area contributed by atoms with Gasteiger partial charge in [0.2, 0.25) is 5.91 Å². The number of Topliss-reactive ketones (excluding diaryl/α,β-unsaturated/α-hetero) is 1. The van der Waals surface area contributed by atoms with Gasteiger partial charge < -0.3 is 28.7 Å². The highest BCUT2D eigenvalue weighted by Crippen LogP contribution is 2.38. The summed E-state index contributed by atoms with van der Waals surface area (Å²) in [7, 11) is -1.17. The minimum atomic E-state index is -2.93. The molecule has 346 valence electrons. The summed E-state index contributed by atoms with van der Waals surface area (Å²) in [6.07, 6.45) is 3.53. The van der Waals surface area contributed by atoms with Gasteiger partial charge in [0, 0.05) is 27.0 Å². The number of hydrogen-bond donors (Lipinski definition) is 1. The Morgan fingerprint density at radius 3 is 1.75 bits per heavy atom. The quantitative estimate of drug-likeness (QED) is 0.0398. The molecule has 0 aliphatic heterocycles. The number of amides is 1. The molecule has 0 unspecified atom stereocenters. The molecule has 4 rings (SSSR count).